The van der Waals surface area contributed by atoms with E-state index in [0.29, 0.717) is 18.1 Å². The molecule has 0 saturated carbocycles. The molecule has 1 aliphatic heterocycles. The van der Waals surface area contributed by atoms with Crippen molar-refractivity contribution in [1.82, 2.24) is 19.5 Å². The molecule has 0 radical (unpaired) electrons. The Hall–Kier alpha value is -2.67. The summed E-state index contributed by atoms with van der Waals surface area (Å²) < 4.78 is 1.68. The molecule has 4 heterocycles. The van der Waals surface area contributed by atoms with Crippen LogP contribution in [0.1, 0.15) is 17.1 Å². The van der Waals surface area contributed by atoms with E-state index in [2.05, 4.69) is 39.0 Å². The Labute approximate surface area is 143 Å². The molecule has 24 heavy (non-hydrogen) atoms. The van der Waals surface area contributed by atoms with Crippen LogP contribution < -0.4 is 5.32 Å². The summed E-state index contributed by atoms with van der Waals surface area (Å²) in [6, 6.07) is 7.79. The van der Waals surface area contributed by atoms with E-state index in [0.717, 1.165) is 18.6 Å². The van der Waals surface area contributed by atoms with Crippen molar-refractivity contribution < 1.29 is 4.79 Å². The number of aromatic nitrogens is 3. The molecule has 0 unspecified atom stereocenters. The lowest BCUT2D eigenvalue weighted by Crippen LogP contribution is -2.37. The first-order valence-corrected chi connectivity index (χ1v) is 8.69. The minimum atomic E-state index is -0.0901. The largest absolute Gasteiger partial charge is 0.322 e. The highest BCUT2D eigenvalue weighted by molar-refractivity contribution is 7.11. The van der Waals surface area contributed by atoms with Gasteiger partial charge >= 0.3 is 6.03 Å². The number of urea groups is 1. The number of anilines is 1. The molecule has 2 amide bonds. The molecular weight excluding hydrogens is 322 g/mol. The molecule has 0 fully saturated rings. The number of aryl methyl sites for hydroxylation is 1. The van der Waals surface area contributed by atoms with Gasteiger partial charge in [0.25, 0.3) is 0 Å². The van der Waals surface area contributed by atoms with Gasteiger partial charge in [0.2, 0.25) is 0 Å². The Bertz CT molecular complexity index is 912. The fraction of sp³-hybridized carbons (Fsp3) is 0.235. The van der Waals surface area contributed by atoms with Crippen LogP contribution >= 0.6 is 11.3 Å². The SMILES string of the molecule is Cc1nc2ccc(NC(=O)N3CC=C(c4cccs4)CC3)cn2n1. The number of carbonyl (C=O) groups is 1. The van der Waals surface area contributed by atoms with E-state index in [1.165, 1.54) is 10.5 Å². The summed E-state index contributed by atoms with van der Waals surface area (Å²) in [6.07, 6.45) is 4.80. The minimum Gasteiger partial charge on any atom is -0.320 e. The fourth-order valence-electron chi connectivity index (χ4n) is 2.81. The van der Waals surface area contributed by atoms with Crippen LogP contribution in [0.25, 0.3) is 11.2 Å². The van der Waals surface area contributed by atoms with Crippen LogP contribution in [0, 0.1) is 6.92 Å². The number of hydrogen-bond acceptors (Lipinski definition) is 4. The van der Waals surface area contributed by atoms with Gasteiger partial charge in [0.15, 0.2) is 5.65 Å². The lowest BCUT2D eigenvalue weighted by Gasteiger charge is -2.26. The van der Waals surface area contributed by atoms with Crippen LogP contribution in [0.5, 0.6) is 0 Å². The smallest absolute Gasteiger partial charge is 0.320 e. The fourth-order valence-corrected chi connectivity index (χ4v) is 3.61. The van der Waals surface area contributed by atoms with E-state index in [9.17, 15) is 4.79 Å². The van der Waals surface area contributed by atoms with Gasteiger partial charge in [-0.3, -0.25) is 0 Å². The van der Waals surface area contributed by atoms with E-state index < -0.39 is 0 Å². The molecule has 122 valence electrons. The Balaban J connectivity index is 1.44. The number of carbonyl (C=O) groups excluding carboxylic acids is 1. The van der Waals surface area contributed by atoms with Gasteiger partial charge in [-0.2, -0.15) is 5.10 Å². The van der Waals surface area contributed by atoms with Gasteiger partial charge in [-0.1, -0.05) is 12.1 Å². The highest BCUT2D eigenvalue weighted by Crippen LogP contribution is 2.26. The minimum absolute atomic E-state index is 0.0901. The average Bonchev–Trinajstić information content (AvgIpc) is 3.23. The molecule has 4 rings (SSSR count). The zero-order valence-electron chi connectivity index (χ0n) is 13.3. The maximum Gasteiger partial charge on any atom is 0.322 e. The van der Waals surface area contributed by atoms with E-state index in [1.54, 1.807) is 22.0 Å². The van der Waals surface area contributed by atoms with E-state index in [4.69, 9.17) is 0 Å². The number of rotatable bonds is 2. The Morgan fingerprint density at radius 3 is 3.00 bits per heavy atom. The topological polar surface area (TPSA) is 62.5 Å². The van der Waals surface area contributed by atoms with Gasteiger partial charge in [0, 0.05) is 18.0 Å². The molecule has 7 heteroatoms. The molecule has 0 aliphatic carbocycles. The first-order chi connectivity index (χ1) is 11.7. The summed E-state index contributed by atoms with van der Waals surface area (Å²) in [6.45, 7) is 3.19. The number of hydrogen-bond donors (Lipinski definition) is 1. The predicted molar refractivity (Wildman–Crippen MR) is 95.2 cm³/mol. The second kappa shape index (κ2) is 6.09. The van der Waals surface area contributed by atoms with Crippen molar-refractivity contribution >= 4 is 34.3 Å². The predicted octanol–water partition coefficient (Wildman–Crippen LogP) is 3.42. The average molecular weight is 339 g/mol. The first kappa shape index (κ1) is 14.9. The molecule has 0 bridgehead atoms. The van der Waals surface area contributed by atoms with Crippen molar-refractivity contribution in [2.45, 2.75) is 13.3 Å². The molecule has 0 atom stereocenters. The number of amides is 2. The normalized spacial score (nSPS) is 14.7. The molecule has 3 aromatic heterocycles. The number of pyridine rings is 1. The molecule has 1 aliphatic rings. The van der Waals surface area contributed by atoms with Gasteiger partial charge in [-0.05, 0) is 42.5 Å². The molecular formula is C17H17N5OS. The van der Waals surface area contributed by atoms with Crippen LogP contribution in [0.4, 0.5) is 10.5 Å². The maximum atomic E-state index is 12.4. The standard InChI is InChI=1S/C17H17N5OS/c1-12-18-16-5-4-14(11-22(16)20-12)19-17(23)21-8-6-13(7-9-21)15-3-2-10-24-15/h2-6,10-11H,7-9H2,1H3,(H,19,23). The maximum absolute atomic E-state index is 12.4. The molecule has 3 aromatic rings. The summed E-state index contributed by atoms with van der Waals surface area (Å²) in [5.74, 6) is 0.709. The van der Waals surface area contributed by atoms with Crippen molar-refractivity contribution in [3.8, 4) is 0 Å². The van der Waals surface area contributed by atoms with E-state index >= 15 is 0 Å². The molecule has 0 aromatic carbocycles. The summed E-state index contributed by atoms with van der Waals surface area (Å²) in [7, 11) is 0. The van der Waals surface area contributed by atoms with Gasteiger partial charge in [-0.15, -0.1) is 11.3 Å². The zero-order chi connectivity index (χ0) is 16.5. The van der Waals surface area contributed by atoms with Crippen LogP contribution in [0.3, 0.4) is 0 Å². The third kappa shape index (κ3) is 2.90. The molecule has 1 N–H and O–H groups in total. The van der Waals surface area contributed by atoms with Crippen molar-refractivity contribution in [3.05, 3.63) is 52.6 Å². The van der Waals surface area contributed by atoms with Gasteiger partial charge in [0.1, 0.15) is 5.82 Å². The Kier molecular flexibility index (Phi) is 3.78. The second-order valence-corrected chi connectivity index (χ2v) is 6.66. The molecule has 0 spiro atoms. The molecule has 0 saturated heterocycles. The highest BCUT2D eigenvalue weighted by atomic mass is 32.1. The molecule has 6 nitrogen and oxygen atoms in total. The van der Waals surface area contributed by atoms with E-state index in [-0.39, 0.29) is 6.03 Å². The Morgan fingerprint density at radius 2 is 2.25 bits per heavy atom. The van der Waals surface area contributed by atoms with Crippen molar-refractivity contribution in [2.75, 3.05) is 18.4 Å². The third-order valence-corrected chi connectivity index (χ3v) is 4.97. The van der Waals surface area contributed by atoms with Crippen LogP contribution in [-0.2, 0) is 0 Å². The van der Waals surface area contributed by atoms with Crippen molar-refractivity contribution in [2.24, 2.45) is 0 Å². The zero-order valence-corrected chi connectivity index (χ0v) is 14.1. The Morgan fingerprint density at radius 1 is 1.33 bits per heavy atom. The van der Waals surface area contributed by atoms with Gasteiger partial charge in [0.05, 0.1) is 11.9 Å². The number of nitrogens with zero attached hydrogens (tertiary/aromatic N) is 4. The van der Waals surface area contributed by atoms with Gasteiger partial charge in [-0.25, -0.2) is 14.3 Å². The van der Waals surface area contributed by atoms with Crippen LogP contribution in [0.2, 0.25) is 0 Å². The summed E-state index contributed by atoms with van der Waals surface area (Å²) in [4.78, 5) is 19.8. The third-order valence-electron chi connectivity index (χ3n) is 4.02. The summed E-state index contributed by atoms with van der Waals surface area (Å²) in [5, 5.41) is 9.28. The van der Waals surface area contributed by atoms with Crippen LogP contribution in [-0.4, -0.2) is 38.6 Å². The summed E-state index contributed by atoms with van der Waals surface area (Å²) in [5.41, 5.74) is 2.81. The lowest BCUT2D eigenvalue weighted by molar-refractivity contribution is 0.217. The highest BCUT2D eigenvalue weighted by Gasteiger charge is 2.18. The van der Waals surface area contributed by atoms with Gasteiger partial charge < -0.3 is 10.2 Å². The monoisotopic (exact) mass is 339 g/mol. The number of thiophene rings is 1. The summed E-state index contributed by atoms with van der Waals surface area (Å²) >= 11 is 1.74. The second-order valence-electron chi connectivity index (χ2n) is 5.71. The number of fused-ring (bicyclic) bond motifs is 1. The quantitative estimate of drug-likeness (QED) is 0.778. The van der Waals surface area contributed by atoms with E-state index in [1.807, 2.05) is 24.0 Å². The van der Waals surface area contributed by atoms with Crippen LogP contribution in [0.15, 0.2) is 41.9 Å². The first-order valence-electron chi connectivity index (χ1n) is 7.81. The van der Waals surface area contributed by atoms with Crippen molar-refractivity contribution in [1.29, 1.82) is 0 Å². The lowest BCUT2D eigenvalue weighted by atomic mass is 10.1. The number of nitrogens with one attached hydrogen (secondary N) is 1. The van der Waals surface area contributed by atoms with Crippen molar-refractivity contribution in [3.63, 3.8) is 0 Å².